The van der Waals surface area contributed by atoms with Crippen molar-refractivity contribution < 1.29 is 8.42 Å². The number of aryl methyl sites for hydroxylation is 2. The molecule has 0 amide bonds. The summed E-state index contributed by atoms with van der Waals surface area (Å²) in [6, 6.07) is 5.78. The highest BCUT2D eigenvalue weighted by Crippen LogP contribution is 2.23. The molecule has 0 radical (unpaired) electrons. The van der Waals surface area contributed by atoms with Gasteiger partial charge in [0.25, 0.3) is 0 Å². The van der Waals surface area contributed by atoms with Gasteiger partial charge >= 0.3 is 0 Å². The highest BCUT2D eigenvalue weighted by Gasteiger charge is 2.07. The quantitative estimate of drug-likeness (QED) is 0.809. The van der Waals surface area contributed by atoms with Crippen LogP contribution in [-0.4, -0.2) is 19.2 Å². The molecule has 1 aromatic carbocycles. The van der Waals surface area contributed by atoms with Gasteiger partial charge in [-0.25, -0.2) is 13.4 Å². The third-order valence-electron chi connectivity index (χ3n) is 2.19. The molecule has 0 spiro atoms. The molecule has 0 saturated heterocycles. The van der Waals surface area contributed by atoms with Crippen LogP contribution in [0.15, 0.2) is 18.2 Å². The zero-order chi connectivity index (χ0) is 11.8. The first-order valence-electron chi connectivity index (χ1n) is 4.72. The van der Waals surface area contributed by atoms with Crippen LogP contribution in [0.1, 0.15) is 10.6 Å². The molecule has 0 unspecified atom stereocenters. The normalized spacial score (nSPS) is 12.1. The molecule has 0 aliphatic carbocycles. The molecule has 2 aromatic rings. The van der Waals surface area contributed by atoms with Crippen molar-refractivity contribution in [3.05, 3.63) is 28.8 Å². The predicted octanol–water partition coefficient (Wildman–Crippen LogP) is 2.72. The molecule has 86 valence electrons. The lowest BCUT2D eigenvalue weighted by atomic mass is 10.2. The van der Waals surface area contributed by atoms with Gasteiger partial charge in [0.15, 0.2) is 0 Å². The van der Waals surface area contributed by atoms with Crippen LogP contribution in [0.5, 0.6) is 0 Å². The maximum Gasteiger partial charge on any atom is 0.232 e. The summed E-state index contributed by atoms with van der Waals surface area (Å²) in [5.74, 6) is -0.0299. The second kappa shape index (κ2) is 4.31. The Labute approximate surface area is 103 Å². The number of nitrogens with zero attached hydrogens (tertiary/aromatic N) is 1. The average Bonchev–Trinajstić information content (AvgIpc) is 2.52. The number of hydrogen-bond donors (Lipinski definition) is 0. The van der Waals surface area contributed by atoms with Crippen LogP contribution in [0.2, 0.25) is 0 Å². The van der Waals surface area contributed by atoms with Gasteiger partial charge < -0.3 is 0 Å². The number of halogens is 1. The highest BCUT2D eigenvalue weighted by atomic mass is 35.7. The summed E-state index contributed by atoms with van der Waals surface area (Å²) in [6.45, 7) is 1.95. The maximum absolute atomic E-state index is 10.8. The molecular formula is C10H10ClNO2S2. The van der Waals surface area contributed by atoms with E-state index >= 15 is 0 Å². The van der Waals surface area contributed by atoms with E-state index in [1.807, 2.05) is 25.1 Å². The predicted molar refractivity (Wildman–Crippen MR) is 67.7 cm³/mol. The molecule has 0 aliphatic heterocycles. The number of fused-ring (bicyclic) bond motifs is 1. The molecule has 0 atom stereocenters. The van der Waals surface area contributed by atoms with E-state index in [0.29, 0.717) is 6.42 Å². The zero-order valence-corrected chi connectivity index (χ0v) is 11.0. The van der Waals surface area contributed by atoms with Crippen molar-refractivity contribution in [2.24, 2.45) is 0 Å². The zero-order valence-electron chi connectivity index (χ0n) is 8.60. The minimum atomic E-state index is -3.41. The largest absolute Gasteiger partial charge is 0.242 e. The van der Waals surface area contributed by atoms with E-state index in [0.717, 1.165) is 20.8 Å². The van der Waals surface area contributed by atoms with Crippen molar-refractivity contribution in [2.75, 3.05) is 5.75 Å². The van der Waals surface area contributed by atoms with E-state index in [-0.39, 0.29) is 5.75 Å². The van der Waals surface area contributed by atoms with Crippen molar-refractivity contribution in [1.29, 1.82) is 0 Å². The van der Waals surface area contributed by atoms with Crippen molar-refractivity contribution >= 4 is 41.3 Å². The first kappa shape index (κ1) is 11.8. The molecule has 1 heterocycles. The lowest BCUT2D eigenvalue weighted by molar-refractivity contribution is 0.609. The minimum Gasteiger partial charge on any atom is -0.242 e. The van der Waals surface area contributed by atoms with Gasteiger partial charge in [-0.2, -0.15) is 0 Å². The van der Waals surface area contributed by atoms with Crippen molar-refractivity contribution in [3.8, 4) is 0 Å². The standard InChI is InChI=1S/C10H10ClNO2S2/c1-7-12-9-3-2-8(6-10(9)15-7)4-5-16(11,13)14/h2-3,6H,4-5H2,1H3. The molecule has 6 heteroatoms. The van der Waals surface area contributed by atoms with Gasteiger partial charge in [-0.15, -0.1) is 11.3 Å². The number of rotatable bonds is 3. The van der Waals surface area contributed by atoms with Crippen LogP contribution in [0.3, 0.4) is 0 Å². The molecule has 1 aromatic heterocycles. The number of benzene rings is 1. The van der Waals surface area contributed by atoms with Crippen LogP contribution in [0.25, 0.3) is 10.2 Å². The summed E-state index contributed by atoms with van der Waals surface area (Å²) in [5.41, 5.74) is 1.93. The summed E-state index contributed by atoms with van der Waals surface area (Å²) in [7, 11) is 1.76. The lowest BCUT2D eigenvalue weighted by Gasteiger charge is -1.98. The smallest absolute Gasteiger partial charge is 0.232 e. The van der Waals surface area contributed by atoms with E-state index in [1.165, 1.54) is 0 Å². The van der Waals surface area contributed by atoms with Gasteiger partial charge in [0.1, 0.15) is 0 Å². The Kier molecular flexibility index (Phi) is 3.19. The Hall–Kier alpha value is -0.650. The fraction of sp³-hybridized carbons (Fsp3) is 0.300. The molecule has 0 bridgehead atoms. The molecule has 2 rings (SSSR count). The molecule has 0 N–H and O–H groups in total. The summed E-state index contributed by atoms with van der Waals surface area (Å²) in [5, 5.41) is 1.01. The van der Waals surface area contributed by atoms with Gasteiger partial charge in [0.05, 0.1) is 21.0 Å². The van der Waals surface area contributed by atoms with Crippen LogP contribution >= 0.6 is 22.0 Å². The first-order valence-corrected chi connectivity index (χ1v) is 8.02. The number of hydrogen-bond acceptors (Lipinski definition) is 4. The summed E-state index contributed by atoms with van der Waals surface area (Å²) in [6.07, 6.45) is 0.443. The monoisotopic (exact) mass is 275 g/mol. The second-order valence-electron chi connectivity index (χ2n) is 3.53. The van der Waals surface area contributed by atoms with Gasteiger partial charge in [-0.05, 0) is 31.0 Å². The van der Waals surface area contributed by atoms with Crippen molar-refractivity contribution in [1.82, 2.24) is 4.98 Å². The van der Waals surface area contributed by atoms with E-state index in [4.69, 9.17) is 10.7 Å². The second-order valence-corrected chi connectivity index (χ2v) is 7.66. The molecule has 0 fully saturated rings. The van der Waals surface area contributed by atoms with Crippen LogP contribution in [0, 0.1) is 6.92 Å². The fourth-order valence-electron chi connectivity index (χ4n) is 1.48. The van der Waals surface area contributed by atoms with Gasteiger partial charge in [-0.1, -0.05) is 6.07 Å². The van der Waals surface area contributed by atoms with Gasteiger partial charge in [0, 0.05) is 10.7 Å². The number of thiazole rings is 1. The van der Waals surface area contributed by atoms with Crippen LogP contribution in [0.4, 0.5) is 0 Å². The van der Waals surface area contributed by atoms with E-state index < -0.39 is 9.05 Å². The van der Waals surface area contributed by atoms with Crippen LogP contribution in [-0.2, 0) is 15.5 Å². The van der Waals surface area contributed by atoms with Gasteiger partial charge in [-0.3, -0.25) is 0 Å². The lowest BCUT2D eigenvalue weighted by Crippen LogP contribution is -2.00. The Balaban J connectivity index is 2.25. The Bertz CT molecular complexity index is 619. The van der Waals surface area contributed by atoms with Crippen LogP contribution < -0.4 is 0 Å². The molecule has 0 saturated carbocycles. The topological polar surface area (TPSA) is 47.0 Å². The summed E-state index contributed by atoms with van der Waals surface area (Å²) >= 11 is 1.61. The maximum atomic E-state index is 10.8. The number of aromatic nitrogens is 1. The SMILES string of the molecule is Cc1nc2ccc(CCS(=O)(=O)Cl)cc2s1. The Morgan fingerprint density at radius 3 is 2.88 bits per heavy atom. The third kappa shape index (κ3) is 2.93. The first-order chi connectivity index (χ1) is 7.44. The third-order valence-corrected chi connectivity index (χ3v) is 4.28. The average molecular weight is 276 g/mol. The highest BCUT2D eigenvalue weighted by molar-refractivity contribution is 8.13. The Morgan fingerprint density at radius 1 is 1.44 bits per heavy atom. The Morgan fingerprint density at radius 2 is 2.19 bits per heavy atom. The minimum absolute atomic E-state index is 0.0299. The fourth-order valence-corrected chi connectivity index (χ4v) is 3.08. The molecular weight excluding hydrogens is 266 g/mol. The van der Waals surface area contributed by atoms with Crippen molar-refractivity contribution in [2.45, 2.75) is 13.3 Å². The molecule has 0 aliphatic rings. The summed E-state index contributed by atoms with van der Waals surface area (Å²) in [4.78, 5) is 4.34. The van der Waals surface area contributed by atoms with E-state index in [9.17, 15) is 8.42 Å². The van der Waals surface area contributed by atoms with Crippen molar-refractivity contribution in [3.63, 3.8) is 0 Å². The van der Waals surface area contributed by atoms with E-state index in [2.05, 4.69) is 4.98 Å². The molecule has 16 heavy (non-hydrogen) atoms. The van der Waals surface area contributed by atoms with E-state index in [1.54, 1.807) is 11.3 Å². The summed E-state index contributed by atoms with van der Waals surface area (Å²) < 4.78 is 22.7. The van der Waals surface area contributed by atoms with Gasteiger partial charge in [0.2, 0.25) is 9.05 Å². The molecule has 3 nitrogen and oxygen atoms in total.